The second-order valence-electron chi connectivity index (χ2n) is 8.75. The third kappa shape index (κ3) is 9.29. The van der Waals surface area contributed by atoms with E-state index >= 15 is 0 Å². The van der Waals surface area contributed by atoms with Crippen LogP contribution in [0.4, 0.5) is 5.69 Å². The lowest BCUT2D eigenvalue weighted by atomic mass is 9.88. The van der Waals surface area contributed by atoms with Crippen molar-refractivity contribution in [1.82, 2.24) is 10.6 Å². The third-order valence-corrected chi connectivity index (χ3v) is 6.23. The summed E-state index contributed by atoms with van der Waals surface area (Å²) >= 11 is 5.88. The van der Waals surface area contributed by atoms with Crippen molar-refractivity contribution >= 4 is 35.7 Å². The summed E-state index contributed by atoms with van der Waals surface area (Å²) in [6.45, 7) is 7.14. The molecule has 0 aliphatic heterocycles. The molecule has 7 N–H and O–H groups in total. The topological polar surface area (TPSA) is 129 Å². The van der Waals surface area contributed by atoms with Gasteiger partial charge in [0, 0.05) is 28.8 Å². The Hall–Kier alpha value is -2.82. The number of primary amides is 1. The van der Waals surface area contributed by atoms with Crippen molar-refractivity contribution < 1.29 is 4.79 Å². The fourth-order valence-electron chi connectivity index (χ4n) is 4.04. The predicted molar refractivity (Wildman–Crippen MR) is 139 cm³/mol. The van der Waals surface area contributed by atoms with Crippen LogP contribution in [0, 0.1) is 24.2 Å². The van der Waals surface area contributed by atoms with Gasteiger partial charge in [-0.1, -0.05) is 11.6 Å². The van der Waals surface area contributed by atoms with Gasteiger partial charge in [0.25, 0.3) is 5.91 Å². The maximum atomic E-state index is 11.9. The lowest BCUT2D eigenvalue weighted by molar-refractivity contribution is -0.114. The molecule has 2 saturated carbocycles. The van der Waals surface area contributed by atoms with Crippen LogP contribution in [0.25, 0.3) is 0 Å². The van der Waals surface area contributed by atoms with Gasteiger partial charge in [-0.2, -0.15) is 0 Å². The molecule has 2 fully saturated rings. The zero-order chi connectivity index (χ0) is 25.0. The Morgan fingerprint density at radius 1 is 1.09 bits per heavy atom. The fraction of sp³-hybridized carbons (Fsp3) is 0.480. The number of hydrogen-bond donors (Lipinski definition) is 5. The zero-order valence-electron chi connectivity index (χ0n) is 19.6. The summed E-state index contributed by atoms with van der Waals surface area (Å²) in [5.74, 6) is 0.311. The monoisotopic (exact) mass is 472 g/mol. The molecule has 0 spiro atoms. The Balaban J connectivity index is 0.00000129. The minimum absolute atomic E-state index is 0.0915. The van der Waals surface area contributed by atoms with Crippen LogP contribution in [-0.4, -0.2) is 36.1 Å². The molecular weight excluding hydrogens is 436 g/mol. The van der Waals surface area contributed by atoms with E-state index in [1.54, 1.807) is 30.5 Å². The first-order valence-corrected chi connectivity index (χ1v) is 11.4. The number of benzene rings is 1. The molecule has 0 unspecified atom stereocenters. The third-order valence-electron chi connectivity index (χ3n) is 5.98. The van der Waals surface area contributed by atoms with Gasteiger partial charge in [-0.15, -0.1) is 12.8 Å². The summed E-state index contributed by atoms with van der Waals surface area (Å²) in [4.78, 5) is 16.1. The average Bonchev–Trinajstić information content (AvgIpc) is 3.65. The Bertz CT molecular complexity index is 834. The standard InChI is InChI=1S/C22H32ClN5O.C2H2.CH3N/c1-22(2,14-3-4-14)28-18-11-9-16(10-12-18)26-13-19(21(25)29)20(24)27-17-7-5-15(23)6-8-17;2*1-2/h5-8,13-14,16,18,26,28H,3-4,9-12H2,1-2H3,(H2,24,27)(H2,25,29);1-2H;2H,1H2/b19-13+;;. The minimum atomic E-state index is -0.603. The Labute approximate surface area is 202 Å². The molecule has 7 nitrogen and oxygen atoms in total. The van der Waals surface area contributed by atoms with Gasteiger partial charge < -0.3 is 27.5 Å². The smallest absolute Gasteiger partial charge is 0.253 e. The van der Waals surface area contributed by atoms with Crippen molar-refractivity contribution in [3.63, 3.8) is 0 Å². The Morgan fingerprint density at radius 3 is 2.09 bits per heavy atom. The summed E-state index contributed by atoms with van der Waals surface area (Å²) in [6.07, 6.45) is 16.6. The fourth-order valence-corrected chi connectivity index (χ4v) is 4.17. The number of nitrogens with zero attached hydrogens (tertiary/aromatic N) is 1. The highest BCUT2D eigenvalue weighted by Crippen LogP contribution is 2.40. The van der Waals surface area contributed by atoms with E-state index in [4.69, 9.17) is 28.5 Å². The summed E-state index contributed by atoms with van der Waals surface area (Å²) < 4.78 is 0. The lowest BCUT2D eigenvalue weighted by Crippen LogP contribution is -2.50. The van der Waals surface area contributed by atoms with E-state index in [-0.39, 0.29) is 16.9 Å². The number of terminal acetylenes is 1. The molecule has 2 aliphatic rings. The minimum Gasteiger partial charge on any atom is -0.387 e. The van der Waals surface area contributed by atoms with E-state index < -0.39 is 5.91 Å². The van der Waals surface area contributed by atoms with Gasteiger partial charge >= 0.3 is 0 Å². The SMILES string of the molecule is C#C.C=N.CC(C)(NC1CCC(N/C=C(/C(N)=O)C(N)=Nc2ccc(Cl)cc2)CC1)C1CC1. The number of carbonyl (C=O) groups is 1. The number of halogens is 1. The van der Waals surface area contributed by atoms with Crippen LogP contribution in [0.15, 0.2) is 41.0 Å². The number of aliphatic imine (C=N–C) groups is 1. The Morgan fingerprint density at radius 2 is 1.61 bits per heavy atom. The van der Waals surface area contributed by atoms with E-state index in [0.29, 0.717) is 22.8 Å². The van der Waals surface area contributed by atoms with Crippen molar-refractivity contribution in [1.29, 1.82) is 5.41 Å². The van der Waals surface area contributed by atoms with E-state index in [1.165, 1.54) is 12.8 Å². The first-order valence-electron chi connectivity index (χ1n) is 11.1. The number of amidine groups is 1. The molecule has 0 aromatic heterocycles. The first-order chi connectivity index (χ1) is 15.7. The van der Waals surface area contributed by atoms with Gasteiger partial charge in [0.2, 0.25) is 0 Å². The second-order valence-corrected chi connectivity index (χ2v) is 9.19. The molecular formula is C25H37ClN6O. The quantitative estimate of drug-likeness (QED) is 0.170. The molecule has 2 aliphatic carbocycles. The number of nitrogens with two attached hydrogens (primary N) is 2. The van der Waals surface area contributed by atoms with E-state index in [2.05, 4.69) is 49.0 Å². The number of hydrogen-bond acceptors (Lipinski definition) is 5. The zero-order valence-corrected chi connectivity index (χ0v) is 20.4. The van der Waals surface area contributed by atoms with Crippen LogP contribution in [0.2, 0.25) is 5.02 Å². The molecule has 180 valence electrons. The van der Waals surface area contributed by atoms with Gasteiger partial charge in [-0.3, -0.25) is 4.79 Å². The first kappa shape index (κ1) is 28.2. The van der Waals surface area contributed by atoms with Crippen molar-refractivity contribution in [2.45, 2.75) is 70.0 Å². The van der Waals surface area contributed by atoms with Gasteiger partial charge in [0.05, 0.1) is 11.3 Å². The highest BCUT2D eigenvalue weighted by Gasteiger charge is 2.39. The number of rotatable bonds is 8. The normalized spacial score (nSPS) is 21.0. The van der Waals surface area contributed by atoms with Crippen molar-refractivity contribution in [2.24, 2.45) is 22.4 Å². The van der Waals surface area contributed by atoms with E-state index in [1.807, 2.05) is 0 Å². The van der Waals surface area contributed by atoms with Crippen LogP contribution in [0.5, 0.6) is 0 Å². The second kappa shape index (κ2) is 13.7. The number of carbonyl (C=O) groups excluding carboxylic acids is 1. The molecule has 33 heavy (non-hydrogen) atoms. The average molecular weight is 473 g/mol. The molecule has 3 rings (SSSR count). The maximum Gasteiger partial charge on any atom is 0.253 e. The predicted octanol–water partition coefficient (Wildman–Crippen LogP) is 3.89. The molecule has 0 bridgehead atoms. The largest absolute Gasteiger partial charge is 0.387 e. The molecule has 1 amide bonds. The highest BCUT2D eigenvalue weighted by molar-refractivity contribution is 6.30. The van der Waals surface area contributed by atoms with E-state index in [9.17, 15) is 4.79 Å². The van der Waals surface area contributed by atoms with Crippen LogP contribution in [-0.2, 0) is 4.79 Å². The highest BCUT2D eigenvalue weighted by atomic mass is 35.5. The Kier molecular flexibility index (Phi) is 11.7. The summed E-state index contributed by atoms with van der Waals surface area (Å²) in [6, 6.07) is 7.76. The van der Waals surface area contributed by atoms with Crippen LogP contribution in [0.1, 0.15) is 52.4 Å². The van der Waals surface area contributed by atoms with Gasteiger partial charge in [-0.25, -0.2) is 4.99 Å². The maximum absolute atomic E-state index is 11.9. The summed E-state index contributed by atoms with van der Waals surface area (Å²) in [5.41, 5.74) is 12.6. The van der Waals surface area contributed by atoms with Crippen LogP contribution >= 0.6 is 11.6 Å². The molecule has 1 aromatic rings. The lowest BCUT2D eigenvalue weighted by Gasteiger charge is -2.36. The van der Waals surface area contributed by atoms with Crippen LogP contribution < -0.4 is 22.1 Å². The van der Waals surface area contributed by atoms with Gasteiger partial charge in [0.15, 0.2) is 0 Å². The summed E-state index contributed by atoms with van der Waals surface area (Å²) in [7, 11) is 0. The van der Waals surface area contributed by atoms with Crippen molar-refractivity contribution in [2.75, 3.05) is 0 Å². The number of nitrogens with one attached hydrogen (secondary N) is 3. The van der Waals surface area contributed by atoms with Crippen molar-refractivity contribution in [3.8, 4) is 12.8 Å². The van der Waals surface area contributed by atoms with Gasteiger partial charge in [0.1, 0.15) is 5.84 Å². The molecule has 0 saturated heterocycles. The van der Waals surface area contributed by atoms with Crippen LogP contribution in [0.3, 0.4) is 0 Å². The molecule has 8 heteroatoms. The molecule has 0 heterocycles. The summed E-state index contributed by atoms with van der Waals surface area (Å²) in [5, 5.41) is 13.3. The van der Waals surface area contributed by atoms with Crippen molar-refractivity contribution in [3.05, 3.63) is 41.1 Å². The van der Waals surface area contributed by atoms with E-state index in [0.717, 1.165) is 31.6 Å². The molecule has 0 radical (unpaired) electrons. The number of amides is 1. The molecule has 1 aromatic carbocycles. The molecule has 0 atom stereocenters. The van der Waals surface area contributed by atoms with Gasteiger partial charge in [-0.05, 0) is 89.3 Å².